The average Bonchev–Trinajstić information content (AvgIpc) is 3.26. The molecule has 0 atom stereocenters. The molecule has 1 heterocycles. The molecule has 138 valence electrons. The second kappa shape index (κ2) is 8.13. The predicted octanol–water partition coefficient (Wildman–Crippen LogP) is 2.32. The van der Waals surface area contributed by atoms with Crippen molar-refractivity contribution in [2.75, 3.05) is 20.8 Å². The lowest BCUT2D eigenvalue weighted by molar-refractivity contribution is 0.0474. The summed E-state index contributed by atoms with van der Waals surface area (Å²) in [6.45, 7) is -0.410. The van der Waals surface area contributed by atoms with Crippen LogP contribution in [0.25, 0.3) is 5.69 Å². The first-order valence-corrected chi connectivity index (χ1v) is 8.00. The van der Waals surface area contributed by atoms with E-state index in [4.69, 9.17) is 14.2 Å². The lowest BCUT2D eigenvalue weighted by atomic mass is 10.1. The van der Waals surface area contributed by atoms with Gasteiger partial charge in [0.15, 0.2) is 6.61 Å². The summed E-state index contributed by atoms with van der Waals surface area (Å²) in [6.07, 6.45) is 2.97. The lowest BCUT2D eigenvalue weighted by Gasteiger charge is -2.10. The molecule has 0 amide bonds. The number of ether oxygens (including phenoxy) is 3. The van der Waals surface area contributed by atoms with Gasteiger partial charge in [-0.05, 0) is 42.5 Å². The van der Waals surface area contributed by atoms with Crippen LogP contribution in [0.3, 0.4) is 0 Å². The normalized spacial score (nSPS) is 10.3. The number of carbonyl (C=O) groups excluding carboxylic acids is 2. The molecule has 27 heavy (non-hydrogen) atoms. The molecule has 0 saturated heterocycles. The summed E-state index contributed by atoms with van der Waals surface area (Å²) in [5.74, 6) is -0.100. The van der Waals surface area contributed by atoms with E-state index in [1.54, 1.807) is 53.5 Å². The standard InChI is InChI=1S/C19H17N3O5/c1-25-15-7-8-18(26-2)16(9-15)17(23)10-27-19(24)13-3-5-14(6-4-13)22-12-20-11-21-22/h3-9,11-12H,10H2,1-2H3. The second-order valence-corrected chi connectivity index (χ2v) is 5.45. The molecule has 3 aromatic rings. The van der Waals surface area contributed by atoms with Gasteiger partial charge >= 0.3 is 5.97 Å². The minimum Gasteiger partial charge on any atom is -0.497 e. The molecule has 0 saturated carbocycles. The van der Waals surface area contributed by atoms with Gasteiger partial charge in [0.05, 0.1) is 31.0 Å². The molecule has 0 unspecified atom stereocenters. The Hall–Kier alpha value is -3.68. The molecule has 0 aliphatic carbocycles. The van der Waals surface area contributed by atoms with E-state index < -0.39 is 18.4 Å². The van der Waals surface area contributed by atoms with Crippen molar-refractivity contribution in [2.24, 2.45) is 0 Å². The van der Waals surface area contributed by atoms with E-state index >= 15 is 0 Å². The Kier molecular flexibility index (Phi) is 5.46. The summed E-state index contributed by atoms with van der Waals surface area (Å²) >= 11 is 0. The predicted molar refractivity (Wildman–Crippen MR) is 95.5 cm³/mol. The van der Waals surface area contributed by atoms with Gasteiger partial charge in [0.2, 0.25) is 5.78 Å². The Balaban J connectivity index is 1.66. The fourth-order valence-electron chi connectivity index (χ4n) is 2.42. The molecule has 0 aliphatic heterocycles. The second-order valence-electron chi connectivity index (χ2n) is 5.45. The first-order chi connectivity index (χ1) is 13.1. The van der Waals surface area contributed by atoms with Crippen LogP contribution in [0, 0.1) is 0 Å². The number of methoxy groups -OCH3 is 2. The number of rotatable bonds is 7. The van der Waals surface area contributed by atoms with Crippen molar-refractivity contribution in [3.05, 3.63) is 66.2 Å². The van der Waals surface area contributed by atoms with Crippen LogP contribution >= 0.6 is 0 Å². The maximum absolute atomic E-state index is 12.4. The Morgan fingerprint density at radius 3 is 2.44 bits per heavy atom. The summed E-state index contributed by atoms with van der Waals surface area (Å²) in [5.41, 5.74) is 1.36. The summed E-state index contributed by atoms with van der Waals surface area (Å²) in [6, 6.07) is 11.4. The lowest BCUT2D eigenvalue weighted by Crippen LogP contribution is -2.15. The molecule has 0 bridgehead atoms. The molecule has 1 aromatic heterocycles. The Morgan fingerprint density at radius 2 is 1.81 bits per heavy atom. The van der Waals surface area contributed by atoms with Crippen molar-refractivity contribution < 1.29 is 23.8 Å². The number of Topliss-reactive ketones (excluding diaryl/α,β-unsaturated/α-hetero) is 1. The Labute approximate surface area is 155 Å². The van der Waals surface area contributed by atoms with Crippen LogP contribution < -0.4 is 9.47 Å². The number of esters is 1. The molecule has 0 aliphatic rings. The first-order valence-electron chi connectivity index (χ1n) is 8.00. The third kappa shape index (κ3) is 4.12. The van der Waals surface area contributed by atoms with Crippen molar-refractivity contribution in [2.45, 2.75) is 0 Å². The van der Waals surface area contributed by atoms with E-state index in [1.165, 1.54) is 20.5 Å². The molecule has 8 heteroatoms. The van der Waals surface area contributed by atoms with Gasteiger partial charge in [0.25, 0.3) is 0 Å². The van der Waals surface area contributed by atoms with Crippen LogP contribution in [-0.2, 0) is 4.74 Å². The molecule has 0 fully saturated rings. The van der Waals surface area contributed by atoms with Crippen molar-refractivity contribution in [1.82, 2.24) is 14.8 Å². The summed E-state index contributed by atoms with van der Waals surface area (Å²) < 4.78 is 17.0. The first kappa shape index (κ1) is 18.1. The molecule has 3 rings (SSSR count). The number of aromatic nitrogens is 3. The Bertz CT molecular complexity index is 936. The van der Waals surface area contributed by atoms with E-state index in [0.29, 0.717) is 17.1 Å². The van der Waals surface area contributed by atoms with Crippen molar-refractivity contribution in [3.8, 4) is 17.2 Å². The van der Waals surface area contributed by atoms with Crippen LogP contribution in [0.4, 0.5) is 0 Å². The van der Waals surface area contributed by atoms with Gasteiger partial charge in [0, 0.05) is 0 Å². The average molecular weight is 367 g/mol. The van der Waals surface area contributed by atoms with Crippen molar-refractivity contribution in [3.63, 3.8) is 0 Å². The molecule has 8 nitrogen and oxygen atoms in total. The van der Waals surface area contributed by atoms with Gasteiger partial charge < -0.3 is 14.2 Å². The molecular weight excluding hydrogens is 350 g/mol. The van der Waals surface area contributed by atoms with E-state index in [0.717, 1.165) is 5.69 Å². The zero-order valence-electron chi connectivity index (χ0n) is 14.8. The highest BCUT2D eigenvalue weighted by Gasteiger charge is 2.16. The van der Waals surface area contributed by atoms with Crippen LogP contribution in [0.15, 0.2) is 55.1 Å². The fraction of sp³-hybridized carbons (Fsp3) is 0.158. The number of carbonyl (C=O) groups is 2. The minimum absolute atomic E-state index is 0.284. The van der Waals surface area contributed by atoms with Crippen LogP contribution in [0.1, 0.15) is 20.7 Å². The maximum Gasteiger partial charge on any atom is 0.338 e. The third-order valence-corrected chi connectivity index (χ3v) is 3.83. The number of nitrogens with zero attached hydrogens (tertiary/aromatic N) is 3. The van der Waals surface area contributed by atoms with E-state index in [2.05, 4.69) is 10.1 Å². The summed E-state index contributed by atoms with van der Waals surface area (Å²) in [5, 5.41) is 4.01. The van der Waals surface area contributed by atoms with E-state index in [-0.39, 0.29) is 5.56 Å². The summed E-state index contributed by atoms with van der Waals surface area (Å²) in [7, 11) is 2.96. The van der Waals surface area contributed by atoms with Crippen LogP contribution in [0.5, 0.6) is 11.5 Å². The molecule has 0 radical (unpaired) electrons. The maximum atomic E-state index is 12.4. The van der Waals surface area contributed by atoms with E-state index in [9.17, 15) is 9.59 Å². The third-order valence-electron chi connectivity index (χ3n) is 3.83. The number of hydrogen-bond acceptors (Lipinski definition) is 7. The van der Waals surface area contributed by atoms with Gasteiger partial charge in [-0.2, -0.15) is 5.10 Å². The van der Waals surface area contributed by atoms with Gasteiger partial charge in [-0.15, -0.1) is 0 Å². The van der Waals surface area contributed by atoms with Gasteiger partial charge in [-0.25, -0.2) is 14.5 Å². The fourth-order valence-corrected chi connectivity index (χ4v) is 2.42. The smallest absolute Gasteiger partial charge is 0.338 e. The van der Waals surface area contributed by atoms with Gasteiger partial charge in [0.1, 0.15) is 24.2 Å². The van der Waals surface area contributed by atoms with Gasteiger partial charge in [-0.3, -0.25) is 4.79 Å². The summed E-state index contributed by atoms with van der Waals surface area (Å²) in [4.78, 5) is 28.5. The zero-order valence-corrected chi connectivity index (χ0v) is 14.8. The quantitative estimate of drug-likeness (QED) is 0.467. The van der Waals surface area contributed by atoms with Crippen molar-refractivity contribution >= 4 is 11.8 Å². The van der Waals surface area contributed by atoms with Crippen LogP contribution in [0.2, 0.25) is 0 Å². The largest absolute Gasteiger partial charge is 0.497 e. The molecule has 0 N–H and O–H groups in total. The number of benzene rings is 2. The van der Waals surface area contributed by atoms with Crippen LogP contribution in [-0.4, -0.2) is 47.3 Å². The highest BCUT2D eigenvalue weighted by atomic mass is 16.5. The molecule has 0 spiro atoms. The zero-order chi connectivity index (χ0) is 19.2. The van der Waals surface area contributed by atoms with E-state index in [1.807, 2.05) is 0 Å². The SMILES string of the molecule is COc1ccc(OC)c(C(=O)COC(=O)c2ccc(-n3cncn3)cc2)c1. The highest BCUT2D eigenvalue weighted by molar-refractivity contribution is 6.01. The number of hydrogen-bond donors (Lipinski definition) is 0. The minimum atomic E-state index is -0.602. The molecule has 2 aromatic carbocycles. The molecular formula is C19H17N3O5. The van der Waals surface area contributed by atoms with Gasteiger partial charge in [-0.1, -0.05) is 0 Å². The Morgan fingerprint density at radius 1 is 1.04 bits per heavy atom. The number of ketones is 1. The highest BCUT2D eigenvalue weighted by Crippen LogP contribution is 2.24. The topological polar surface area (TPSA) is 92.5 Å². The van der Waals surface area contributed by atoms with Crippen molar-refractivity contribution in [1.29, 1.82) is 0 Å². The monoisotopic (exact) mass is 367 g/mol.